The van der Waals surface area contributed by atoms with Crippen LogP contribution < -0.4 is 15.1 Å². The van der Waals surface area contributed by atoms with Crippen molar-refractivity contribution in [3.05, 3.63) is 69.8 Å². The summed E-state index contributed by atoms with van der Waals surface area (Å²) in [7, 11) is 1.31. The Labute approximate surface area is 164 Å². The number of carbonyl (C=O) groups excluding carboxylic acids is 2. The molecule has 1 aromatic heterocycles. The van der Waals surface area contributed by atoms with Crippen LogP contribution in [0, 0.1) is 12.7 Å². The van der Waals surface area contributed by atoms with Gasteiger partial charge >= 0.3 is 11.6 Å². The highest BCUT2D eigenvalue weighted by molar-refractivity contribution is 5.98. The van der Waals surface area contributed by atoms with Gasteiger partial charge in [-0.1, -0.05) is 0 Å². The predicted molar refractivity (Wildman–Crippen MR) is 101 cm³/mol. The zero-order valence-corrected chi connectivity index (χ0v) is 15.7. The Balaban J connectivity index is 1.56. The molecular formula is C21H17FO7. The minimum absolute atomic E-state index is 0.00774. The van der Waals surface area contributed by atoms with E-state index in [1.807, 2.05) is 0 Å². The molecule has 150 valence electrons. The van der Waals surface area contributed by atoms with Crippen LogP contribution in [0.25, 0.3) is 11.0 Å². The minimum atomic E-state index is -0.780. The van der Waals surface area contributed by atoms with E-state index >= 15 is 0 Å². The van der Waals surface area contributed by atoms with E-state index in [1.165, 1.54) is 31.4 Å². The Hall–Kier alpha value is -3.68. The summed E-state index contributed by atoms with van der Waals surface area (Å²) in [5, 5.41) is 0.747. The van der Waals surface area contributed by atoms with Crippen molar-refractivity contribution in [2.24, 2.45) is 0 Å². The van der Waals surface area contributed by atoms with Crippen molar-refractivity contribution in [3.63, 3.8) is 0 Å². The molecule has 8 heteroatoms. The van der Waals surface area contributed by atoms with Crippen molar-refractivity contribution < 1.29 is 32.6 Å². The summed E-state index contributed by atoms with van der Waals surface area (Å²) in [6.07, 6.45) is 0. The molecule has 0 aliphatic rings. The van der Waals surface area contributed by atoms with E-state index in [1.54, 1.807) is 19.1 Å². The summed E-state index contributed by atoms with van der Waals surface area (Å²) in [6.45, 7) is 0.772. The fourth-order valence-corrected chi connectivity index (χ4v) is 2.65. The van der Waals surface area contributed by atoms with Gasteiger partial charge < -0.3 is 18.6 Å². The molecule has 0 N–H and O–H groups in total. The van der Waals surface area contributed by atoms with Gasteiger partial charge in [0.2, 0.25) is 0 Å². The van der Waals surface area contributed by atoms with Crippen molar-refractivity contribution >= 4 is 22.7 Å². The van der Waals surface area contributed by atoms with Crippen LogP contribution in [0.1, 0.15) is 15.9 Å². The topological polar surface area (TPSA) is 92.0 Å². The van der Waals surface area contributed by atoms with Crippen LogP contribution in [0.15, 0.2) is 51.7 Å². The highest BCUT2D eigenvalue weighted by Crippen LogP contribution is 2.22. The first-order valence-corrected chi connectivity index (χ1v) is 8.57. The summed E-state index contributed by atoms with van der Waals surface area (Å²) < 4.78 is 33.7. The predicted octanol–water partition coefficient (Wildman–Crippen LogP) is 3.05. The number of hydrogen-bond acceptors (Lipinski definition) is 7. The molecule has 0 bridgehead atoms. The molecule has 2 aromatic carbocycles. The minimum Gasteiger partial charge on any atom is -0.494 e. The van der Waals surface area contributed by atoms with E-state index in [0.29, 0.717) is 11.3 Å². The van der Waals surface area contributed by atoms with Gasteiger partial charge in [0.25, 0.3) is 0 Å². The molecule has 3 rings (SSSR count). The molecular weight excluding hydrogens is 383 g/mol. The third-order valence-corrected chi connectivity index (χ3v) is 4.12. The lowest BCUT2D eigenvalue weighted by Gasteiger charge is -2.08. The molecule has 0 aliphatic carbocycles. The lowest BCUT2D eigenvalue weighted by Crippen LogP contribution is -2.19. The van der Waals surface area contributed by atoms with Gasteiger partial charge in [0.1, 0.15) is 11.3 Å². The average molecular weight is 400 g/mol. The third-order valence-electron chi connectivity index (χ3n) is 4.12. The van der Waals surface area contributed by atoms with Crippen LogP contribution in [0.3, 0.4) is 0 Å². The molecule has 0 aliphatic heterocycles. The number of fused-ring (bicyclic) bond motifs is 1. The van der Waals surface area contributed by atoms with Gasteiger partial charge in [-0.25, -0.2) is 14.0 Å². The molecule has 0 saturated carbocycles. The number of Topliss-reactive ketones (excluding diaryl/α,β-unsaturated/α-hetero) is 1. The third kappa shape index (κ3) is 4.78. The first-order valence-electron chi connectivity index (χ1n) is 8.57. The Bertz CT molecular complexity index is 1130. The second-order valence-corrected chi connectivity index (χ2v) is 6.13. The van der Waals surface area contributed by atoms with Crippen LogP contribution >= 0.6 is 0 Å². The Morgan fingerprint density at radius 2 is 1.86 bits per heavy atom. The van der Waals surface area contributed by atoms with Gasteiger partial charge in [0.15, 0.2) is 30.6 Å². The van der Waals surface area contributed by atoms with Crippen molar-refractivity contribution in [1.29, 1.82) is 0 Å². The fourth-order valence-electron chi connectivity index (χ4n) is 2.65. The van der Waals surface area contributed by atoms with Crippen LogP contribution in [0.5, 0.6) is 11.5 Å². The van der Waals surface area contributed by atoms with Crippen molar-refractivity contribution in [3.8, 4) is 11.5 Å². The van der Waals surface area contributed by atoms with Gasteiger partial charge in [0.05, 0.1) is 7.11 Å². The maximum absolute atomic E-state index is 13.6. The molecule has 0 fully saturated rings. The first-order chi connectivity index (χ1) is 13.9. The second kappa shape index (κ2) is 8.55. The van der Waals surface area contributed by atoms with Crippen LogP contribution in [-0.4, -0.2) is 32.1 Å². The van der Waals surface area contributed by atoms with E-state index in [0.717, 1.165) is 17.0 Å². The van der Waals surface area contributed by atoms with Gasteiger partial charge in [-0.05, 0) is 42.8 Å². The smallest absolute Gasteiger partial charge is 0.344 e. The molecule has 0 radical (unpaired) electrons. The largest absolute Gasteiger partial charge is 0.494 e. The molecule has 3 aromatic rings. The van der Waals surface area contributed by atoms with E-state index < -0.39 is 36.4 Å². The van der Waals surface area contributed by atoms with Gasteiger partial charge in [0, 0.05) is 23.1 Å². The molecule has 0 saturated heterocycles. The first kappa shape index (κ1) is 20.1. The van der Waals surface area contributed by atoms with Crippen molar-refractivity contribution in [1.82, 2.24) is 0 Å². The standard InChI is InChI=1S/C21H17FO7/c1-12-7-20(24)29-19-9-14(4-5-15(12)19)27-11-21(25)28-10-17(23)13-3-6-18(26-2)16(22)8-13/h3-9H,10-11H2,1-2H3. The van der Waals surface area contributed by atoms with E-state index in [2.05, 4.69) is 0 Å². The van der Waals surface area contributed by atoms with E-state index in [4.69, 9.17) is 18.6 Å². The number of methoxy groups -OCH3 is 1. The van der Waals surface area contributed by atoms with Crippen LogP contribution in [0.2, 0.25) is 0 Å². The number of halogens is 1. The number of hydrogen-bond donors (Lipinski definition) is 0. The van der Waals surface area contributed by atoms with Crippen LogP contribution in [0.4, 0.5) is 4.39 Å². The lowest BCUT2D eigenvalue weighted by atomic mass is 10.1. The lowest BCUT2D eigenvalue weighted by molar-refractivity contribution is -0.144. The van der Waals surface area contributed by atoms with Crippen molar-refractivity contribution in [2.45, 2.75) is 6.92 Å². The number of benzene rings is 2. The van der Waals surface area contributed by atoms with Gasteiger partial charge in [-0.2, -0.15) is 0 Å². The molecule has 1 heterocycles. The average Bonchev–Trinajstić information content (AvgIpc) is 2.69. The number of esters is 1. The molecule has 0 amide bonds. The van der Waals surface area contributed by atoms with Crippen molar-refractivity contribution in [2.75, 3.05) is 20.3 Å². The Morgan fingerprint density at radius 1 is 1.07 bits per heavy atom. The number of rotatable bonds is 7. The summed E-state index contributed by atoms with van der Waals surface area (Å²) in [4.78, 5) is 35.3. The summed E-state index contributed by atoms with van der Waals surface area (Å²) in [5.74, 6) is -1.73. The monoisotopic (exact) mass is 400 g/mol. The maximum atomic E-state index is 13.6. The van der Waals surface area contributed by atoms with Gasteiger partial charge in [-0.15, -0.1) is 0 Å². The number of carbonyl (C=O) groups is 2. The normalized spacial score (nSPS) is 10.6. The number of aryl methyl sites for hydroxylation is 1. The van der Waals surface area contributed by atoms with E-state index in [-0.39, 0.29) is 11.3 Å². The highest BCUT2D eigenvalue weighted by atomic mass is 19.1. The Kier molecular flexibility index (Phi) is 5.92. The Morgan fingerprint density at radius 3 is 2.59 bits per heavy atom. The zero-order valence-electron chi connectivity index (χ0n) is 15.7. The fraction of sp³-hybridized carbons (Fsp3) is 0.190. The summed E-state index contributed by atoms with van der Waals surface area (Å²) in [6, 6.07) is 9.89. The zero-order chi connectivity index (χ0) is 21.0. The van der Waals surface area contributed by atoms with E-state index in [9.17, 15) is 18.8 Å². The molecule has 29 heavy (non-hydrogen) atoms. The second-order valence-electron chi connectivity index (χ2n) is 6.13. The maximum Gasteiger partial charge on any atom is 0.344 e. The summed E-state index contributed by atoms with van der Waals surface area (Å²) in [5.41, 5.74) is 0.658. The quantitative estimate of drug-likeness (QED) is 0.342. The molecule has 7 nitrogen and oxygen atoms in total. The number of ether oxygens (including phenoxy) is 3. The SMILES string of the molecule is COc1ccc(C(=O)COC(=O)COc2ccc3c(C)cc(=O)oc3c2)cc1F. The number of ketones is 1. The highest BCUT2D eigenvalue weighted by Gasteiger charge is 2.13. The molecule has 0 atom stereocenters. The molecule has 0 spiro atoms. The van der Waals surface area contributed by atoms with Gasteiger partial charge in [-0.3, -0.25) is 4.79 Å². The van der Waals surface area contributed by atoms with Crippen LogP contribution in [-0.2, 0) is 9.53 Å². The molecule has 0 unspecified atom stereocenters. The summed E-state index contributed by atoms with van der Waals surface area (Å²) >= 11 is 0.